The van der Waals surface area contributed by atoms with Crippen molar-refractivity contribution in [3.05, 3.63) is 53.9 Å². The third-order valence-electron chi connectivity index (χ3n) is 5.85. The zero-order chi connectivity index (χ0) is 18.8. The summed E-state index contributed by atoms with van der Waals surface area (Å²) in [6.07, 6.45) is 6.75. The summed E-state index contributed by atoms with van der Waals surface area (Å²) in [7, 11) is 0. The third kappa shape index (κ3) is 4.05. The van der Waals surface area contributed by atoms with Crippen LogP contribution in [0.15, 0.2) is 36.7 Å². The molecule has 5 rings (SSSR count). The standard InChI is InChI=1S/C21H27FN4O/c1-2-20-23-9-10-25(20)15-21(27)26-13-17-5-8-19(26)14-24(12-17)11-16-3-6-18(22)7-4-16/h3-4,6-7,9-10,17,19H,2,5,8,11-15H2,1H3/t17-,19+/m0/s1. The fraction of sp³-hybridized carbons (Fsp3) is 0.524. The Bertz CT molecular complexity index is 788. The van der Waals surface area contributed by atoms with E-state index in [0.717, 1.165) is 50.4 Å². The molecule has 0 unspecified atom stereocenters. The summed E-state index contributed by atoms with van der Waals surface area (Å²) in [5.74, 6) is 1.47. The lowest BCUT2D eigenvalue weighted by molar-refractivity contribution is -0.136. The molecule has 6 heteroatoms. The van der Waals surface area contributed by atoms with Crippen molar-refractivity contribution in [2.24, 2.45) is 5.92 Å². The highest BCUT2D eigenvalue weighted by Crippen LogP contribution is 2.29. The van der Waals surface area contributed by atoms with E-state index in [9.17, 15) is 9.18 Å². The van der Waals surface area contributed by atoms with E-state index in [4.69, 9.17) is 0 Å². The van der Waals surface area contributed by atoms with Crippen molar-refractivity contribution in [2.45, 2.75) is 45.3 Å². The number of carbonyl (C=O) groups is 1. The van der Waals surface area contributed by atoms with Crippen LogP contribution in [0.5, 0.6) is 0 Å². The monoisotopic (exact) mass is 370 g/mol. The Morgan fingerprint density at radius 3 is 2.78 bits per heavy atom. The fourth-order valence-electron chi connectivity index (χ4n) is 4.50. The summed E-state index contributed by atoms with van der Waals surface area (Å²) < 4.78 is 15.1. The molecule has 0 spiro atoms. The molecule has 4 heterocycles. The molecule has 3 aliphatic rings. The van der Waals surface area contributed by atoms with Crippen LogP contribution in [-0.4, -0.2) is 50.9 Å². The molecule has 0 aliphatic carbocycles. The molecule has 0 radical (unpaired) electrons. The molecule has 2 bridgehead atoms. The number of hydrogen-bond acceptors (Lipinski definition) is 3. The molecular formula is C21H27FN4O. The second-order valence-electron chi connectivity index (χ2n) is 7.79. The van der Waals surface area contributed by atoms with Crippen molar-refractivity contribution in [3.63, 3.8) is 0 Å². The Morgan fingerprint density at radius 1 is 1.19 bits per heavy atom. The minimum atomic E-state index is -0.197. The minimum Gasteiger partial charge on any atom is -0.337 e. The first-order valence-corrected chi connectivity index (χ1v) is 9.88. The second kappa shape index (κ2) is 7.80. The summed E-state index contributed by atoms with van der Waals surface area (Å²) in [5, 5.41) is 0. The Labute approximate surface area is 159 Å². The molecule has 27 heavy (non-hydrogen) atoms. The van der Waals surface area contributed by atoms with Gasteiger partial charge in [0.2, 0.25) is 5.91 Å². The minimum absolute atomic E-state index is 0.195. The predicted octanol–water partition coefficient (Wildman–Crippen LogP) is 2.71. The Morgan fingerprint density at radius 2 is 2.00 bits per heavy atom. The zero-order valence-electron chi connectivity index (χ0n) is 15.9. The van der Waals surface area contributed by atoms with Crippen molar-refractivity contribution in [1.82, 2.24) is 19.4 Å². The molecule has 2 aromatic rings. The molecule has 5 nitrogen and oxygen atoms in total. The zero-order valence-corrected chi connectivity index (χ0v) is 15.9. The Hall–Kier alpha value is -2.21. The lowest BCUT2D eigenvalue weighted by atomic mass is 9.95. The van der Waals surface area contributed by atoms with Gasteiger partial charge in [-0.15, -0.1) is 0 Å². The SMILES string of the molecule is CCc1nccn1CC(=O)N1C[C@H]2CC[C@@H]1CN(Cc1ccc(F)cc1)C2. The van der Waals surface area contributed by atoms with Crippen LogP contribution in [0.25, 0.3) is 0 Å². The van der Waals surface area contributed by atoms with Crippen LogP contribution < -0.4 is 0 Å². The van der Waals surface area contributed by atoms with Gasteiger partial charge in [0.05, 0.1) is 0 Å². The number of rotatable bonds is 5. The van der Waals surface area contributed by atoms with Crippen LogP contribution in [0.3, 0.4) is 0 Å². The number of imidazole rings is 1. The van der Waals surface area contributed by atoms with E-state index in [2.05, 4.69) is 21.7 Å². The van der Waals surface area contributed by atoms with Crippen LogP contribution in [0.4, 0.5) is 4.39 Å². The van der Waals surface area contributed by atoms with Gasteiger partial charge in [-0.2, -0.15) is 0 Å². The van der Waals surface area contributed by atoms with Gasteiger partial charge in [0.1, 0.15) is 18.2 Å². The average molecular weight is 370 g/mol. The van der Waals surface area contributed by atoms with Gasteiger partial charge < -0.3 is 9.47 Å². The molecule has 1 aromatic carbocycles. The molecule has 3 fully saturated rings. The number of nitrogens with zero attached hydrogens (tertiary/aromatic N) is 4. The summed E-state index contributed by atoms with van der Waals surface area (Å²) >= 11 is 0. The number of benzene rings is 1. The van der Waals surface area contributed by atoms with Crippen molar-refractivity contribution >= 4 is 5.91 Å². The molecule has 0 saturated carbocycles. The number of amides is 1. The second-order valence-corrected chi connectivity index (χ2v) is 7.79. The first-order valence-electron chi connectivity index (χ1n) is 9.88. The number of aromatic nitrogens is 2. The molecule has 3 saturated heterocycles. The summed E-state index contributed by atoms with van der Waals surface area (Å²) in [4.78, 5) is 21.8. The molecule has 0 N–H and O–H groups in total. The lowest BCUT2D eigenvalue weighted by Gasteiger charge is -2.36. The first-order chi connectivity index (χ1) is 13.1. The van der Waals surface area contributed by atoms with Crippen LogP contribution in [0.2, 0.25) is 0 Å². The topological polar surface area (TPSA) is 41.4 Å². The van der Waals surface area contributed by atoms with Gasteiger partial charge in [-0.05, 0) is 36.5 Å². The van der Waals surface area contributed by atoms with Gasteiger partial charge >= 0.3 is 0 Å². The van der Waals surface area contributed by atoms with Crippen molar-refractivity contribution < 1.29 is 9.18 Å². The normalized spacial score (nSPS) is 22.8. The fourth-order valence-corrected chi connectivity index (χ4v) is 4.50. The highest BCUT2D eigenvalue weighted by molar-refractivity contribution is 5.76. The van der Waals surface area contributed by atoms with E-state index in [0.29, 0.717) is 12.5 Å². The van der Waals surface area contributed by atoms with Gasteiger partial charge in [0.25, 0.3) is 0 Å². The lowest BCUT2D eigenvalue weighted by Crippen LogP contribution is -2.48. The largest absolute Gasteiger partial charge is 0.337 e. The predicted molar refractivity (Wildman–Crippen MR) is 102 cm³/mol. The molecule has 2 atom stereocenters. The molecule has 1 amide bonds. The maximum absolute atomic E-state index is 13.1. The van der Waals surface area contributed by atoms with Gasteiger partial charge in [0, 0.05) is 51.0 Å². The van der Waals surface area contributed by atoms with Crippen LogP contribution in [0, 0.1) is 11.7 Å². The average Bonchev–Trinajstić information content (AvgIpc) is 2.93. The maximum Gasteiger partial charge on any atom is 0.242 e. The number of hydrogen-bond donors (Lipinski definition) is 0. The first kappa shape index (κ1) is 18.2. The van der Waals surface area contributed by atoms with Gasteiger partial charge in [-0.1, -0.05) is 19.1 Å². The smallest absolute Gasteiger partial charge is 0.242 e. The summed E-state index contributed by atoms with van der Waals surface area (Å²) in [6, 6.07) is 7.03. The molecule has 144 valence electrons. The van der Waals surface area contributed by atoms with E-state index >= 15 is 0 Å². The van der Waals surface area contributed by atoms with E-state index in [-0.39, 0.29) is 17.8 Å². The Kier molecular flexibility index (Phi) is 5.25. The van der Waals surface area contributed by atoms with E-state index < -0.39 is 0 Å². The quantitative estimate of drug-likeness (QED) is 0.813. The van der Waals surface area contributed by atoms with Crippen molar-refractivity contribution in [2.75, 3.05) is 19.6 Å². The molecule has 3 aliphatic heterocycles. The van der Waals surface area contributed by atoms with Crippen LogP contribution in [-0.2, 0) is 24.3 Å². The molecular weight excluding hydrogens is 343 g/mol. The van der Waals surface area contributed by atoms with E-state index in [1.807, 2.05) is 22.9 Å². The third-order valence-corrected chi connectivity index (χ3v) is 5.85. The number of aryl methyl sites for hydroxylation is 1. The highest BCUT2D eigenvalue weighted by Gasteiger charge is 2.37. The van der Waals surface area contributed by atoms with Gasteiger partial charge in [-0.25, -0.2) is 9.37 Å². The number of fused-ring (bicyclic) bond motifs is 4. The molecule has 1 aromatic heterocycles. The maximum atomic E-state index is 13.1. The van der Waals surface area contributed by atoms with Crippen LogP contribution >= 0.6 is 0 Å². The van der Waals surface area contributed by atoms with E-state index in [1.54, 1.807) is 6.20 Å². The number of piperidine rings is 1. The van der Waals surface area contributed by atoms with Crippen molar-refractivity contribution in [1.29, 1.82) is 0 Å². The van der Waals surface area contributed by atoms with E-state index in [1.165, 1.54) is 18.6 Å². The van der Waals surface area contributed by atoms with Crippen LogP contribution in [0.1, 0.15) is 31.2 Å². The summed E-state index contributed by atoms with van der Waals surface area (Å²) in [5.41, 5.74) is 1.13. The number of carbonyl (C=O) groups excluding carboxylic acids is 1. The summed E-state index contributed by atoms with van der Waals surface area (Å²) in [6.45, 7) is 6.00. The highest BCUT2D eigenvalue weighted by atomic mass is 19.1. The van der Waals surface area contributed by atoms with Crippen molar-refractivity contribution in [3.8, 4) is 0 Å². The Balaban J connectivity index is 1.43. The number of halogens is 1. The van der Waals surface area contributed by atoms with Gasteiger partial charge in [-0.3, -0.25) is 9.69 Å². The van der Waals surface area contributed by atoms with Gasteiger partial charge in [0.15, 0.2) is 0 Å².